The lowest BCUT2D eigenvalue weighted by Gasteiger charge is -2.27. The van der Waals surface area contributed by atoms with Crippen molar-refractivity contribution in [2.75, 3.05) is 32.8 Å². The van der Waals surface area contributed by atoms with Gasteiger partial charge in [0.1, 0.15) is 11.5 Å². The number of ketones is 1. The Kier molecular flexibility index (Phi) is 8.53. The summed E-state index contributed by atoms with van der Waals surface area (Å²) in [7, 11) is 0. The molecule has 0 bridgehead atoms. The summed E-state index contributed by atoms with van der Waals surface area (Å²) in [4.78, 5) is 30.0. The van der Waals surface area contributed by atoms with E-state index in [1.54, 1.807) is 29.2 Å². The van der Waals surface area contributed by atoms with E-state index in [4.69, 9.17) is 16.3 Å². The van der Waals surface area contributed by atoms with E-state index in [1.807, 2.05) is 31.2 Å². The number of benzene rings is 2. The predicted molar refractivity (Wildman–Crippen MR) is 130 cm³/mol. The molecule has 33 heavy (non-hydrogen) atoms. The van der Waals surface area contributed by atoms with Crippen molar-refractivity contribution in [3.8, 4) is 5.75 Å². The molecule has 0 spiro atoms. The van der Waals surface area contributed by atoms with Crippen LogP contribution in [0.4, 0.5) is 0 Å². The lowest BCUT2D eigenvalue weighted by Crippen LogP contribution is -2.33. The summed E-state index contributed by atoms with van der Waals surface area (Å²) < 4.78 is 5.64. The molecule has 1 fully saturated rings. The van der Waals surface area contributed by atoms with Gasteiger partial charge in [-0.1, -0.05) is 37.6 Å². The van der Waals surface area contributed by atoms with Crippen molar-refractivity contribution in [1.29, 1.82) is 0 Å². The van der Waals surface area contributed by atoms with Gasteiger partial charge in [-0.05, 0) is 74.9 Å². The fourth-order valence-electron chi connectivity index (χ4n) is 4.17. The maximum absolute atomic E-state index is 13.1. The van der Waals surface area contributed by atoms with Gasteiger partial charge in [0.2, 0.25) is 0 Å². The number of aliphatic hydroxyl groups excluding tert-OH is 1. The monoisotopic (exact) mass is 470 g/mol. The van der Waals surface area contributed by atoms with Gasteiger partial charge in [-0.3, -0.25) is 9.59 Å². The van der Waals surface area contributed by atoms with Crippen LogP contribution in [0.2, 0.25) is 5.02 Å². The zero-order valence-corrected chi connectivity index (χ0v) is 20.1. The van der Waals surface area contributed by atoms with E-state index in [9.17, 15) is 14.7 Å². The smallest absolute Gasteiger partial charge is 0.295 e. The van der Waals surface area contributed by atoms with Crippen LogP contribution in [-0.4, -0.2) is 59.4 Å². The van der Waals surface area contributed by atoms with Crippen LogP contribution < -0.4 is 4.74 Å². The lowest BCUT2D eigenvalue weighted by atomic mass is 9.95. The van der Waals surface area contributed by atoms with Gasteiger partial charge >= 0.3 is 0 Å². The Bertz CT molecular complexity index is 1020. The second-order valence-corrected chi connectivity index (χ2v) is 8.32. The number of Topliss-reactive ketones (excluding diaryl/α,β-unsaturated/α-hetero) is 1. The third kappa shape index (κ3) is 5.57. The van der Waals surface area contributed by atoms with Gasteiger partial charge in [0.15, 0.2) is 0 Å². The molecule has 2 aromatic rings. The largest absolute Gasteiger partial charge is 0.507 e. The first-order valence-electron chi connectivity index (χ1n) is 11.4. The molecule has 6 nitrogen and oxygen atoms in total. The highest BCUT2D eigenvalue weighted by Crippen LogP contribution is 2.40. The Morgan fingerprint density at radius 2 is 1.79 bits per heavy atom. The Morgan fingerprint density at radius 1 is 1.09 bits per heavy atom. The minimum atomic E-state index is -0.696. The molecular weight excluding hydrogens is 440 g/mol. The zero-order chi connectivity index (χ0) is 24.0. The molecule has 176 valence electrons. The summed E-state index contributed by atoms with van der Waals surface area (Å²) in [5.41, 5.74) is 1.24. The van der Waals surface area contributed by atoms with Gasteiger partial charge in [0.25, 0.3) is 11.7 Å². The van der Waals surface area contributed by atoms with E-state index >= 15 is 0 Å². The predicted octanol–water partition coefficient (Wildman–Crippen LogP) is 4.89. The standard InChI is InChI=1S/C26H31ClN2O4/c1-4-28(5-2)15-8-16-29-23(19-9-7-10-21(17-19)33-6-3)22(25(31)26(29)32)24(30)18-11-13-20(27)14-12-18/h7,9-14,17,23,30H,4-6,8,15-16H2,1-3H3/b24-22+. The fraction of sp³-hybridized carbons (Fsp3) is 0.385. The molecule has 1 aliphatic rings. The molecule has 1 N–H and O–H groups in total. The first-order valence-corrected chi connectivity index (χ1v) is 11.8. The zero-order valence-electron chi connectivity index (χ0n) is 19.4. The molecule has 0 aliphatic carbocycles. The van der Waals surface area contributed by atoms with Crippen molar-refractivity contribution in [1.82, 2.24) is 9.80 Å². The highest BCUT2D eigenvalue weighted by atomic mass is 35.5. The Balaban J connectivity index is 2.04. The van der Waals surface area contributed by atoms with Gasteiger partial charge in [0, 0.05) is 17.1 Å². The summed E-state index contributed by atoms with van der Waals surface area (Å²) in [6.45, 7) is 9.66. The van der Waals surface area contributed by atoms with Gasteiger partial charge in [-0.2, -0.15) is 0 Å². The maximum atomic E-state index is 13.1. The summed E-state index contributed by atoms with van der Waals surface area (Å²) >= 11 is 5.98. The number of halogens is 1. The van der Waals surface area contributed by atoms with Gasteiger partial charge in [-0.25, -0.2) is 0 Å². The lowest BCUT2D eigenvalue weighted by molar-refractivity contribution is -0.140. The summed E-state index contributed by atoms with van der Waals surface area (Å²) in [6, 6.07) is 13.2. The number of carbonyl (C=O) groups is 2. The maximum Gasteiger partial charge on any atom is 0.295 e. The Morgan fingerprint density at radius 3 is 2.42 bits per heavy atom. The third-order valence-electron chi connectivity index (χ3n) is 5.91. The van der Waals surface area contributed by atoms with Crippen molar-refractivity contribution < 1.29 is 19.4 Å². The SMILES string of the molecule is CCOc1cccc(C2/C(=C(\O)c3ccc(Cl)cc3)C(=O)C(=O)N2CCCN(CC)CC)c1. The average molecular weight is 471 g/mol. The minimum Gasteiger partial charge on any atom is -0.507 e. The van der Waals surface area contributed by atoms with E-state index in [0.717, 1.165) is 31.6 Å². The number of hydrogen-bond donors (Lipinski definition) is 1. The van der Waals surface area contributed by atoms with Crippen molar-refractivity contribution in [2.45, 2.75) is 33.2 Å². The summed E-state index contributed by atoms with van der Waals surface area (Å²) in [6.07, 6.45) is 0.720. The number of rotatable bonds is 10. The second-order valence-electron chi connectivity index (χ2n) is 7.89. The highest BCUT2D eigenvalue weighted by molar-refractivity contribution is 6.46. The number of carbonyl (C=O) groups excluding carboxylic acids is 2. The number of hydrogen-bond acceptors (Lipinski definition) is 5. The minimum absolute atomic E-state index is 0.0822. The molecule has 1 saturated heterocycles. The molecule has 1 aliphatic heterocycles. The van der Waals surface area contributed by atoms with Gasteiger partial charge in [0.05, 0.1) is 18.2 Å². The van der Waals surface area contributed by atoms with E-state index in [1.165, 1.54) is 0 Å². The first-order chi connectivity index (χ1) is 15.9. The van der Waals surface area contributed by atoms with Crippen LogP contribution in [0, 0.1) is 0 Å². The molecule has 7 heteroatoms. The number of ether oxygens (including phenoxy) is 1. The molecule has 0 radical (unpaired) electrons. The van der Waals surface area contributed by atoms with Crippen LogP contribution in [0.1, 0.15) is 44.4 Å². The van der Waals surface area contributed by atoms with Crippen LogP contribution in [0.3, 0.4) is 0 Å². The van der Waals surface area contributed by atoms with Crippen molar-refractivity contribution in [3.05, 3.63) is 70.3 Å². The van der Waals surface area contributed by atoms with Crippen molar-refractivity contribution in [2.24, 2.45) is 0 Å². The molecular formula is C26H31ClN2O4. The first kappa shape index (κ1) is 24.8. The van der Waals surface area contributed by atoms with Gasteiger partial charge in [-0.15, -0.1) is 0 Å². The van der Waals surface area contributed by atoms with Crippen LogP contribution in [0.15, 0.2) is 54.1 Å². The third-order valence-corrected chi connectivity index (χ3v) is 6.16. The van der Waals surface area contributed by atoms with Gasteiger partial charge < -0.3 is 19.6 Å². The molecule has 0 aromatic heterocycles. The highest BCUT2D eigenvalue weighted by Gasteiger charge is 2.45. The van der Waals surface area contributed by atoms with Crippen LogP contribution in [0.25, 0.3) is 5.76 Å². The van der Waals surface area contributed by atoms with Crippen LogP contribution >= 0.6 is 11.6 Å². The van der Waals surface area contributed by atoms with E-state index in [0.29, 0.717) is 29.5 Å². The molecule has 0 saturated carbocycles. The average Bonchev–Trinajstić information content (AvgIpc) is 3.07. The number of amides is 1. The van der Waals surface area contributed by atoms with Crippen LogP contribution in [-0.2, 0) is 9.59 Å². The second kappa shape index (κ2) is 11.3. The fourth-order valence-corrected chi connectivity index (χ4v) is 4.29. The van der Waals surface area contributed by atoms with Crippen LogP contribution in [0.5, 0.6) is 5.75 Å². The van der Waals surface area contributed by atoms with E-state index in [2.05, 4.69) is 18.7 Å². The summed E-state index contributed by atoms with van der Waals surface area (Å²) in [5.74, 6) is -0.840. The number of likely N-dealkylation sites (tertiary alicyclic amines) is 1. The molecule has 1 heterocycles. The molecule has 1 unspecified atom stereocenters. The molecule has 3 rings (SSSR count). The summed E-state index contributed by atoms with van der Waals surface area (Å²) in [5, 5.41) is 11.6. The number of aliphatic hydroxyl groups is 1. The van der Waals surface area contributed by atoms with Crippen molar-refractivity contribution in [3.63, 3.8) is 0 Å². The topological polar surface area (TPSA) is 70.1 Å². The Labute approximate surface area is 200 Å². The van der Waals surface area contributed by atoms with E-state index in [-0.39, 0.29) is 11.3 Å². The van der Waals surface area contributed by atoms with E-state index < -0.39 is 17.7 Å². The molecule has 1 amide bonds. The van der Waals surface area contributed by atoms with Crippen molar-refractivity contribution >= 4 is 29.1 Å². The normalized spacial score (nSPS) is 17.7. The molecule has 1 atom stereocenters. The molecule has 2 aromatic carbocycles. The quantitative estimate of drug-likeness (QED) is 0.304. The Hall–Kier alpha value is -2.83. The number of nitrogens with zero attached hydrogens (tertiary/aromatic N) is 2.